The monoisotopic (exact) mass is 394 g/mol. The third-order valence-electron chi connectivity index (χ3n) is 5.52. The highest BCUT2D eigenvalue weighted by atomic mass is 16.7. The van der Waals surface area contributed by atoms with Gasteiger partial charge in [0.2, 0.25) is 18.6 Å². The molecule has 2 aromatic rings. The van der Waals surface area contributed by atoms with Crippen molar-refractivity contribution in [1.82, 2.24) is 10.2 Å². The average Bonchev–Trinajstić information content (AvgIpc) is 3.31. The fourth-order valence-electron chi connectivity index (χ4n) is 3.84. The highest BCUT2D eigenvalue weighted by molar-refractivity contribution is 5.82. The maximum Gasteiger partial charge on any atom is 0.231 e. The molecule has 1 unspecified atom stereocenters. The molecular formula is C23H26N2O4. The van der Waals surface area contributed by atoms with Crippen LogP contribution in [0.5, 0.6) is 11.5 Å². The first-order chi connectivity index (χ1) is 14.1. The lowest BCUT2D eigenvalue weighted by atomic mass is 10.1. The van der Waals surface area contributed by atoms with Gasteiger partial charge in [0, 0.05) is 32.0 Å². The molecule has 1 atom stereocenters. The number of fused-ring (bicyclic) bond motifs is 1. The molecule has 0 spiro atoms. The van der Waals surface area contributed by atoms with Gasteiger partial charge in [-0.1, -0.05) is 35.9 Å². The van der Waals surface area contributed by atoms with Crippen LogP contribution in [0.4, 0.5) is 0 Å². The zero-order valence-corrected chi connectivity index (χ0v) is 16.6. The molecule has 6 heteroatoms. The Morgan fingerprint density at radius 2 is 1.86 bits per heavy atom. The fraction of sp³-hybridized carbons (Fsp3) is 0.391. The van der Waals surface area contributed by atoms with Crippen LogP contribution in [0.1, 0.15) is 36.0 Å². The van der Waals surface area contributed by atoms with Gasteiger partial charge in [0.25, 0.3) is 0 Å². The lowest BCUT2D eigenvalue weighted by Crippen LogP contribution is -2.37. The van der Waals surface area contributed by atoms with Gasteiger partial charge in [-0.05, 0) is 43.0 Å². The summed E-state index contributed by atoms with van der Waals surface area (Å²) < 4.78 is 10.7. The number of carbonyl (C=O) groups is 2. The highest BCUT2D eigenvalue weighted by Crippen LogP contribution is 2.32. The van der Waals surface area contributed by atoms with Crippen LogP contribution in [0, 0.1) is 6.92 Å². The predicted octanol–water partition coefficient (Wildman–Crippen LogP) is 2.96. The first kappa shape index (κ1) is 19.3. The number of nitrogens with one attached hydrogen (secondary N) is 1. The van der Waals surface area contributed by atoms with E-state index in [1.165, 1.54) is 5.56 Å². The van der Waals surface area contributed by atoms with E-state index in [1.807, 2.05) is 54.3 Å². The molecule has 2 amide bonds. The molecule has 29 heavy (non-hydrogen) atoms. The van der Waals surface area contributed by atoms with E-state index in [2.05, 4.69) is 5.32 Å². The van der Waals surface area contributed by atoms with E-state index < -0.39 is 0 Å². The Bertz CT molecular complexity index is 894. The van der Waals surface area contributed by atoms with Gasteiger partial charge in [-0.2, -0.15) is 0 Å². The van der Waals surface area contributed by atoms with E-state index in [0.29, 0.717) is 25.9 Å². The average molecular weight is 394 g/mol. The number of aryl methyl sites for hydroxylation is 1. The molecule has 1 N–H and O–H groups in total. The summed E-state index contributed by atoms with van der Waals surface area (Å²) >= 11 is 0. The minimum Gasteiger partial charge on any atom is -0.454 e. The molecule has 2 aromatic carbocycles. The first-order valence-corrected chi connectivity index (χ1v) is 10.1. The summed E-state index contributed by atoms with van der Waals surface area (Å²) in [4.78, 5) is 26.6. The summed E-state index contributed by atoms with van der Waals surface area (Å²) in [6.07, 6.45) is 2.32. The number of hydrogen-bond acceptors (Lipinski definition) is 4. The quantitative estimate of drug-likeness (QED) is 0.784. The maximum absolute atomic E-state index is 12.4. The van der Waals surface area contributed by atoms with Crippen molar-refractivity contribution in [3.8, 4) is 11.5 Å². The standard InChI is InChI=1S/C23H26N2O4/c1-16-2-4-18(5-3-16)14-25-19(7-9-23(25)27)13-22(26)24-11-10-17-6-8-20-21(12-17)29-15-28-20/h2-6,8,12,19H,7,9-11,13-15H2,1H3,(H,24,26). The van der Waals surface area contributed by atoms with E-state index in [4.69, 9.17) is 9.47 Å². The summed E-state index contributed by atoms with van der Waals surface area (Å²) in [6, 6.07) is 14.0. The molecule has 1 saturated heterocycles. The number of rotatable bonds is 7. The van der Waals surface area contributed by atoms with E-state index in [-0.39, 0.29) is 24.6 Å². The number of amides is 2. The summed E-state index contributed by atoms with van der Waals surface area (Å²) in [7, 11) is 0. The van der Waals surface area contributed by atoms with Gasteiger partial charge in [-0.15, -0.1) is 0 Å². The van der Waals surface area contributed by atoms with Gasteiger partial charge in [-0.3, -0.25) is 9.59 Å². The van der Waals surface area contributed by atoms with Crippen LogP contribution in [0.25, 0.3) is 0 Å². The molecule has 2 aliphatic rings. The fourth-order valence-corrected chi connectivity index (χ4v) is 3.84. The molecule has 0 aromatic heterocycles. The van der Waals surface area contributed by atoms with Gasteiger partial charge in [0.1, 0.15) is 0 Å². The Morgan fingerprint density at radius 1 is 1.10 bits per heavy atom. The van der Waals surface area contributed by atoms with Crippen LogP contribution >= 0.6 is 0 Å². The number of hydrogen-bond donors (Lipinski definition) is 1. The molecule has 0 saturated carbocycles. The number of likely N-dealkylation sites (tertiary alicyclic amines) is 1. The molecule has 4 rings (SSSR count). The van der Waals surface area contributed by atoms with Crippen molar-refractivity contribution in [3.05, 3.63) is 59.2 Å². The van der Waals surface area contributed by atoms with Crippen LogP contribution in [0.2, 0.25) is 0 Å². The highest BCUT2D eigenvalue weighted by Gasteiger charge is 2.32. The molecule has 0 bridgehead atoms. The Morgan fingerprint density at radius 3 is 2.69 bits per heavy atom. The second-order valence-electron chi connectivity index (χ2n) is 7.69. The molecule has 2 heterocycles. The molecule has 152 valence electrons. The van der Waals surface area contributed by atoms with Crippen molar-refractivity contribution in [2.75, 3.05) is 13.3 Å². The number of nitrogens with zero attached hydrogens (tertiary/aromatic N) is 1. The Kier molecular flexibility index (Phi) is 5.69. The molecular weight excluding hydrogens is 368 g/mol. The van der Waals surface area contributed by atoms with E-state index >= 15 is 0 Å². The van der Waals surface area contributed by atoms with E-state index in [1.54, 1.807) is 0 Å². The van der Waals surface area contributed by atoms with Gasteiger partial charge in [0.05, 0.1) is 0 Å². The summed E-state index contributed by atoms with van der Waals surface area (Å²) in [5.41, 5.74) is 3.38. The van der Waals surface area contributed by atoms with Crippen molar-refractivity contribution in [2.45, 2.75) is 45.2 Å². The Labute approximate surface area is 170 Å². The number of benzene rings is 2. The minimum absolute atomic E-state index is 0.0145. The van der Waals surface area contributed by atoms with Crippen LogP contribution in [0.15, 0.2) is 42.5 Å². The third-order valence-corrected chi connectivity index (χ3v) is 5.52. The van der Waals surface area contributed by atoms with Crippen LogP contribution < -0.4 is 14.8 Å². The molecule has 0 radical (unpaired) electrons. The second kappa shape index (κ2) is 8.55. The lowest BCUT2D eigenvalue weighted by Gasteiger charge is -2.24. The van der Waals surface area contributed by atoms with Crippen molar-refractivity contribution < 1.29 is 19.1 Å². The van der Waals surface area contributed by atoms with Crippen molar-refractivity contribution in [2.24, 2.45) is 0 Å². The van der Waals surface area contributed by atoms with E-state index in [9.17, 15) is 9.59 Å². The van der Waals surface area contributed by atoms with Crippen LogP contribution in [-0.2, 0) is 22.6 Å². The molecule has 1 fully saturated rings. The number of carbonyl (C=O) groups excluding carboxylic acids is 2. The van der Waals surface area contributed by atoms with Crippen molar-refractivity contribution in [3.63, 3.8) is 0 Å². The van der Waals surface area contributed by atoms with Crippen molar-refractivity contribution >= 4 is 11.8 Å². The normalized spacial score (nSPS) is 17.6. The van der Waals surface area contributed by atoms with Gasteiger partial charge < -0.3 is 19.7 Å². The molecule has 6 nitrogen and oxygen atoms in total. The van der Waals surface area contributed by atoms with E-state index in [0.717, 1.165) is 35.5 Å². The summed E-state index contributed by atoms with van der Waals surface area (Å²) in [5, 5.41) is 2.98. The second-order valence-corrected chi connectivity index (χ2v) is 7.69. The van der Waals surface area contributed by atoms with Gasteiger partial charge in [-0.25, -0.2) is 0 Å². The Hall–Kier alpha value is -3.02. The van der Waals surface area contributed by atoms with Crippen LogP contribution in [-0.4, -0.2) is 36.1 Å². The topological polar surface area (TPSA) is 67.9 Å². The summed E-state index contributed by atoms with van der Waals surface area (Å²) in [6.45, 7) is 3.42. The first-order valence-electron chi connectivity index (χ1n) is 10.1. The Balaban J connectivity index is 1.26. The SMILES string of the molecule is Cc1ccc(CN2C(=O)CCC2CC(=O)NCCc2ccc3c(c2)OCO3)cc1. The van der Waals surface area contributed by atoms with Crippen LogP contribution in [0.3, 0.4) is 0 Å². The third kappa shape index (κ3) is 4.70. The zero-order valence-electron chi connectivity index (χ0n) is 16.6. The largest absolute Gasteiger partial charge is 0.454 e. The molecule has 2 aliphatic heterocycles. The van der Waals surface area contributed by atoms with Gasteiger partial charge >= 0.3 is 0 Å². The molecule has 0 aliphatic carbocycles. The lowest BCUT2D eigenvalue weighted by molar-refractivity contribution is -0.130. The van der Waals surface area contributed by atoms with Crippen molar-refractivity contribution in [1.29, 1.82) is 0 Å². The zero-order chi connectivity index (χ0) is 20.2. The predicted molar refractivity (Wildman–Crippen MR) is 109 cm³/mol. The number of ether oxygens (including phenoxy) is 2. The summed E-state index contributed by atoms with van der Waals surface area (Å²) in [5.74, 6) is 1.63. The van der Waals surface area contributed by atoms with Gasteiger partial charge in [0.15, 0.2) is 11.5 Å². The maximum atomic E-state index is 12.4. The smallest absolute Gasteiger partial charge is 0.231 e. The minimum atomic E-state index is -0.0330.